The highest BCUT2D eigenvalue weighted by Gasteiger charge is 2.44. The van der Waals surface area contributed by atoms with Gasteiger partial charge in [-0.2, -0.15) is 26.3 Å². The van der Waals surface area contributed by atoms with Crippen LogP contribution in [0.3, 0.4) is 0 Å². The zero-order valence-corrected chi connectivity index (χ0v) is 15.7. The number of nitrogens with zero attached hydrogens (tertiary/aromatic N) is 1. The average molecular weight is 432 g/mol. The van der Waals surface area contributed by atoms with Gasteiger partial charge in [-0.05, 0) is 42.5 Å². The molecule has 0 aliphatic heterocycles. The monoisotopic (exact) mass is 432 g/mol. The lowest BCUT2D eigenvalue weighted by Gasteiger charge is -2.15. The molecule has 10 heteroatoms. The molecule has 1 aromatic carbocycles. The highest BCUT2D eigenvalue weighted by molar-refractivity contribution is 5.83. The van der Waals surface area contributed by atoms with Crippen LogP contribution in [0.4, 0.5) is 26.3 Å². The average Bonchev–Trinajstić information content (AvgIpc) is 3.46. The maximum atomic E-state index is 12.6. The number of aromatic nitrogens is 1. The SMILES string of the molecule is CC(NC(=O)[C@@H]1C[C@H]1c1ccc(C(F)(F)F)cc1)c1ccc(OCC(F)(F)F)nc1. The van der Waals surface area contributed by atoms with E-state index in [1.165, 1.54) is 30.5 Å². The van der Waals surface area contributed by atoms with E-state index < -0.39 is 30.6 Å². The van der Waals surface area contributed by atoms with E-state index in [4.69, 9.17) is 0 Å². The molecule has 1 unspecified atom stereocenters. The molecule has 2 aromatic rings. The molecule has 3 rings (SSSR count). The summed E-state index contributed by atoms with van der Waals surface area (Å²) in [6.45, 7) is 0.249. The molecule has 1 aliphatic carbocycles. The molecule has 1 amide bonds. The lowest BCUT2D eigenvalue weighted by atomic mass is 10.1. The highest BCUT2D eigenvalue weighted by Crippen LogP contribution is 2.48. The first-order valence-electron chi connectivity index (χ1n) is 9.07. The van der Waals surface area contributed by atoms with Crippen molar-refractivity contribution in [3.63, 3.8) is 0 Å². The van der Waals surface area contributed by atoms with Crippen molar-refractivity contribution in [3.05, 3.63) is 59.3 Å². The first kappa shape index (κ1) is 21.9. The van der Waals surface area contributed by atoms with Gasteiger partial charge in [-0.15, -0.1) is 0 Å². The Hall–Kier alpha value is -2.78. The summed E-state index contributed by atoms with van der Waals surface area (Å²) in [6, 6.07) is 7.10. The van der Waals surface area contributed by atoms with Crippen LogP contribution >= 0.6 is 0 Å². The summed E-state index contributed by atoms with van der Waals surface area (Å²) in [4.78, 5) is 16.2. The summed E-state index contributed by atoms with van der Waals surface area (Å²) >= 11 is 0. The van der Waals surface area contributed by atoms with Gasteiger partial charge < -0.3 is 10.1 Å². The molecule has 1 fully saturated rings. The molecule has 162 valence electrons. The number of ether oxygens (including phenoxy) is 1. The Morgan fingerprint density at radius 3 is 2.33 bits per heavy atom. The molecule has 30 heavy (non-hydrogen) atoms. The van der Waals surface area contributed by atoms with E-state index in [0.29, 0.717) is 17.5 Å². The maximum Gasteiger partial charge on any atom is 0.422 e. The number of alkyl halides is 6. The van der Waals surface area contributed by atoms with Crippen molar-refractivity contribution in [1.82, 2.24) is 10.3 Å². The number of benzene rings is 1. The van der Waals surface area contributed by atoms with Crippen LogP contribution in [0, 0.1) is 5.92 Å². The van der Waals surface area contributed by atoms with Crippen molar-refractivity contribution in [1.29, 1.82) is 0 Å². The van der Waals surface area contributed by atoms with Gasteiger partial charge in [-0.25, -0.2) is 4.98 Å². The largest absolute Gasteiger partial charge is 0.468 e. The molecule has 0 spiro atoms. The van der Waals surface area contributed by atoms with Gasteiger partial charge >= 0.3 is 12.4 Å². The molecule has 1 aliphatic rings. The Kier molecular flexibility index (Phi) is 5.96. The number of hydrogen-bond acceptors (Lipinski definition) is 3. The van der Waals surface area contributed by atoms with Crippen molar-refractivity contribution in [3.8, 4) is 5.88 Å². The lowest BCUT2D eigenvalue weighted by Crippen LogP contribution is -2.28. The third kappa shape index (κ3) is 5.64. The molecule has 1 saturated carbocycles. The fourth-order valence-electron chi connectivity index (χ4n) is 3.07. The Morgan fingerprint density at radius 2 is 1.80 bits per heavy atom. The van der Waals surface area contributed by atoms with Crippen LogP contribution in [0.15, 0.2) is 42.6 Å². The molecule has 3 atom stereocenters. The summed E-state index contributed by atoms with van der Waals surface area (Å²) < 4.78 is 78.9. The number of hydrogen-bond donors (Lipinski definition) is 1. The molecule has 4 nitrogen and oxygen atoms in total. The molecule has 0 radical (unpaired) electrons. The minimum Gasteiger partial charge on any atom is -0.468 e. The van der Waals surface area contributed by atoms with Crippen LogP contribution in [-0.4, -0.2) is 23.7 Å². The number of nitrogens with one attached hydrogen (secondary N) is 1. The number of halogens is 6. The van der Waals surface area contributed by atoms with E-state index in [1.807, 2.05) is 0 Å². The second kappa shape index (κ2) is 8.16. The fourth-order valence-corrected chi connectivity index (χ4v) is 3.07. The van der Waals surface area contributed by atoms with E-state index in [9.17, 15) is 31.1 Å². The van der Waals surface area contributed by atoms with Gasteiger partial charge in [0.15, 0.2) is 6.61 Å². The van der Waals surface area contributed by atoms with E-state index in [-0.39, 0.29) is 23.6 Å². The Balaban J connectivity index is 1.53. The zero-order chi connectivity index (χ0) is 22.1. The number of rotatable bonds is 6. The molecular formula is C20H18F6N2O2. The van der Waals surface area contributed by atoms with E-state index in [2.05, 4.69) is 15.0 Å². The molecule has 1 heterocycles. The quantitative estimate of drug-likeness (QED) is 0.652. The van der Waals surface area contributed by atoms with Gasteiger partial charge in [-0.3, -0.25) is 4.79 Å². The molecule has 1 N–H and O–H groups in total. The third-order valence-corrected chi connectivity index (χ3v) is 4.80. The van der Waals surface area contributed by atoms with Crippen LogP contribution in [0.25, 0.3) is 0 Å². The second-order valence-corrected chi connectivity index (χ2v) is 7.13. The minimum atomic E-state index is -4.46. The van der Waals surface area contributed by atoms with Crippen molar-refractivity contribution in [2.24, 2.45) is 5.92 Å². The van der Waals surface area contributed by atoms with Gasteiger partial charge in [0, 0.05) is 18.2 Å². The Morgan fingerprint density at radius 1 is 1.13 bits per heavy atom. The van der Waals surface area contributed by atoms with Gasteiger partial charge in [-0.1, -0.05) is 18.2 Å². The molecule has 0 bridgehead atoms. The second-order valence-electron chi connectivity index (χ2n) is 7.13. The van der Waals surface area contributed by atoms with Crippen LogP contribution < -0.4 is 10.1 Å². The number of pyridine rings is 1. The predicted octanol–water partition coefficient (Wildman–Crippen LogP) is 5.02. The van der Waals surface area contributed by atoms with Gasteiger partial charge in [0.05, 0.1) is 11.6 Å². The Bertz CT molecular complexity index is 878. The van der Waals surface area contributed by atoms with E-state index >= 15 is 0 Å². The standard InChI is InChI=1S/C20H18F6N2O2/c1-11(13-4-7-17(27-9-13)30-10-19(21,22)23)28-18(29)16-8-15(16)12-2-5-14(6-3-12)20(24,25)26/h2-7,9,11,15-16H,8,10H2,1H3,(H,28,29)/t11?,15-,16+/m0/s1. The minimum absolute atomic E-state index is 0.143. The highest BCUT2D eigenvalue weighted by atomic mass is 19.4. The summed E-state index contributed by atoms with van der Waals surface area (Å²) in [6.07, 6.45) is -7.02. The number of amides is 1. The molecule has 0 saturated heterocycles. The zero-order valence-electron chi connectivity index (χ0n) is 15.7. The third-order valence-electron chi connectivity index (χ3n) is 4.80. The summed E-state index contributed by atoms with van der Waals surface area (Å²) in [5, 5.41) is 2.79. The molecular weight excluding hydrogens is 414 g/mol. The fraction of sp³-hybridized carbons (Fsp3) is 0.400. The lowest BCUT2D eigenvalue weighted by molar-refractivity contribution is -0.154. The van der Waals surface area contributed by atoms with Crippen molar-refractivity contribution >= 4 is 5.91 Å². The Labute approximate surface area is 168 Å². The summed E-state index contributed by atoms with van der Waals surface area (Å²) in [5.41, 5.74) is 0.509. The topological polar surface area (TPSA) is 51.2 Å². The van der Waals surface area contributed by atoms with Crippen LogP contribution in [0.2, 0.25) is 0 Å². The van der Waals surface area contributed by atoms with Crippen LogP contribution in [0.5, 0.6) is 5.88 Å². The van der Waals surface area contributed by atoms with Crippen molar-refractivity contribution in [2.45, 2.75) is 37.7 Å². The van der Waals surface area contributed by atoms with E-state index in [0.717, 1.165) is 12.1 Å². The summed E-state index contributed by atoms with van der Waals surface area (Å²) in [7, 11) is 0. The maximum absolute atomic E-state index is 12.6. The number of carbonyl (C=O) groups excluding carboxylic acids is 1. The van der Waals surface area contributed by atoms with Gasteiger partial charge in [0.25, 0.3) is 0 Å². The smallest absolute Gasteiger partial charge is 0.422 e. The van der Waals surface area contributed by atoms with Gasteiger partial charge in [0.2, 0.25) is 11.8 Å². The van der Waals surface area contributed by atoms with Crippen LogP contribution in [-0.2, 0) is 11.0 Å². The van der Waals surface area contributed by atoms with Gasteiger partial charge in [0.1, 0.15) is 0 Å². The van der Waals surface area contributed by atoms with E-state index in [1.54, 1.807) is 6.92 Å². The first-order valence-corrected chi connectivity index (χ1v) is 9.07. The number of carbonyl (C=O) groups is 1. The summed E-state index contributed by atoms with van der Waals surface area (Å²) in [5.74, 6) is -0.911. The first-order chi connectivity index (χ1) is 13.9. The normalized spacial score (nSPS) is 19.8. The predicted molar refractivity (Wildman–Crippen MR) is 94.6 cm³/mol. The van der Waals surface area contributed by atoms with Crippen molar-refractivity contribution in [2.75, 3.05) is 6.61 Å². The van der Waals surface area contributed by atoms with Crippen molar-refractivity contribution < 1.29 is 35.9 Å². The molecule has 1 aromatic heterocycles. The van der Waals surface area contributed by atoms with Crippen LogP contribution in [0.1, 0.15) is 42.0 Å².